The number of imide groups is 1. The number of nitrogens with zero attached hydrogens (tertiary/aromatic N) is 1. The molecule has 0 spiro atoms. The largest absolute Gasteiger partial charge is 0.456 e. The fourth-order valence-corrected chi connectivity index (χ4v) is 2.76. The molecule has 1 aromatic rings. The number of carbonyl (C=O) groups excluding carboxylic acids is 4. The number of Topliss-reactive ketones (excluding diaryl/α,β-unsaturated/α-hetero) is 1. The zero-order chi connectivity index (χ0) is 19.3. The van der Waals surface area contributed by atoms with E-state index in [-0.39, 0.29) is 0 Å². The second kappa shape index (κ2) is 8.31. The Morgan fingerprint density at radius 1 is 1.23 bits per heavy atom. The summed E-state index contributed by atoms with van der Waals surface area (Å²) in [6.45, 7) is 2.62. The number of benzene rings is 1. The van der Waals surface area contributed by atoms with Crippen LogP contribution in [0.15, 0.2) is 24.3 Å². The molecule has 0 unspecified atom stereocenters. The predicted octanol–water partition coefficient (Wildman–Crippen LogP) is 2.57. The molecule has 2 rings (SSSR count). The topological polar surface area (TPSA) is 92.8 Å². The third-order valence-corrected chi connectivity index (χ3v) is 4.45. The van der Waals surface area contributed by atoms with Crippen LogP contribution in [-0.2, 0) is 14.3 Å². The first kappa shape index (κ1) is 19.9. The van der Waals surface area contributed by atoms with Crippen LogP contribution in [0.2, 0.25) is 5.02 Å². The summed E-state index contributed by atoms with van der Waals surface area (Å²) in [6, 6.07) is 5.53. The molecule has 1 aromatic carbocycles. The molecule has 1 fully saturated rings. The van der Waals surface area contributed by atoms with Gasteiger partial charge in [0.05, 0.1) is 0 Å². The lowest BCUT2D eigenvalue weighted by molar-refractivity contribution is -0.146. The molecule has 7 nitrogen and oxygen atoms in total. The smallest absolute Gasteiger partial charge is 0.326 e. The van der Waals surface area contributed by atoms with E-state index in [0.29, 0.717) is 17.0 Å². The Labute approximate surface area is 156 Å². The van der Waals surface area contributed by atoms with Gasteiger partial charge >= 0.3 is 12.0 Å². The van der Waals surface area contributed by atoms with Gasteiger partial charge < -0.3 is 10.1 Å². The molecule has 0 radical (unpaired) electrons. The predicted molar refractivity (Wildman–Crippen MR) is 94.9 cm³/mol. The monoisotopic (exact) mass is 380 g/mol. The van der Waals surface area contributed by atoms with E-state index in [0.717, 1.165) is 17.7 Å². The van der Waals surface area contributed by atoms with Gasteiger partial charge in [0.25, 0.3) is 5.91 Å². The van der Waals surface area contributed by atoms with Gasteiger partial charge in [-0.15, -0.1) is 0 Å². The minimum Gasteiger partial charge on any atom is -0.456 e. The molecule has 1 aliphatic heterocycles. The summed E-state index contributed by atoms with van der Waals surface area (Å²) in [5.74, 6) is -1.69. The van der Waals surface area contributed by atoms with Gasteiger partial charge in [-0.05, 0) is 37.6 Å². The molecule has 26 heavy (non-hydrogen) atoms. The minimum absolute atomic E-state index is 0.351. The second-order valence-corrected chi connectivity index (χ2v) is 6.78. The van der Waals surface area contributed by atoms with Gasteiger partial charge in [-0.25, -0.2) is 4.79 Å². The molecule has 1 heterocycles. The van der Waals surface area contributed by atoms with Crippen LogP contribution in [0.5, 0.6) is 0 Å². The lowest BCUT2D eigenvalue weighted by atomic mass is 9.95. The molecule has 0 saturated carbocycles. The summed E-state index contributed by atoms with van der Waals surface area (Å²) in [5, 5.41) is 3.11. The van der Waals surface area contributed by atoms with Gasteiger partial charge in [0, 0.05) is 10.6 Å². The van der Waals surface area contributed by atoms with Crippen molar-refractivity contribution in [2.75, 3.05) is 13.2 Å². The number of hydrogen-bond acceptors (Lipinski definition) is 5. The summed E-state index contributed by atoms with van der Waals surface area (Å²) in [7, 11) is 0. The van der Waals surface area contributed by atoms with Gasteiger partial charge in [-0.2, -0.15) is 0 Å². The van der Waals surface area contributed by atoms with E-state index in [1.54, 1.807) is 19.1 Å². The second-order valence-electron chi connectivity index (χ2n) is 6.35. The first-order valence-corrected chi connectivity index (χ1v) is 8.73. The number of rotatable bonds is 8. The van der Waals surface area contributed by atoms with Crippen LogP contribution < -0.4 is 5.32 Å². The first-order chi connectivity index (χ1) is 12.3. The number of amides is 3. The summed E-state index contributed by atoms with van der Waals surface area (Å²) in [4.78, 5) is 49.2. The van der Waals surface area contributed by atoms with Crippen LogP contribution in [0.3, 0.4) is 0 Å². The number of nitrogens with one attached hydrogen (secondary N) is 1. The van der Waals surface area contributed by atoms with Crippen molar-refractivity contribution in [3.8, 4) is 0 Å². The quantitative estimate of drug-likeness (QED) is 0.425. The van der Waals surface area contributed by atoms with Crippen molar-refractivity contribution in [3.05, 3.63) is 34.9 Å². The third kappa shape index (κ3) is 4.60. The Morgan fingerprint density at radius 3 is 2.50 bits per heavy atom. The fourth-order valence-electron chi connectivity index (χ4n) is 2.63. The van der Waals surface area contributed by atoms with Crippen molar-refractivity contribution in [3.63, 3.8) is 0 Å². The van der Waals surface area contributed by atoms with Crippen LogP contribution in [0, 0.1) is 0 Å². The number of carbonyl (C=O) groups is 4. The normalized spacial score (nSPS) is 19.4. The average Bonchev–Trinajstić information content (AvgIpc) is 2.82. The summed E-state index contributed by atoms with van der Waals surface area (Å²) < 4.78 is 4.90. The Balaban J connectivity index is 1.89. The summed E-state index contributed by atoms with van der Waals surface area (Å²) in [5.41, 5.74) is -0.656. The van der Waals surface area contributed by atoms with Gasteiger partial charge in [0.15, 0.2) is 12.4 Å². The zero-order valence-corrected chi connectivity index (χ0v) is 15.5. The molecular formula is C18H21ClN2O5. The van der Waals surface area contributed by atoms with Crippen molar-refractivity contribution < 1.29 is 23.9 Å². The van der Waals surface area contributed by atoms with Crippen LogP contribution in [0.4, 0.5) is 4.79 Å². The fraction of sp³-hybridized carbons (Fsp3) is 0.444. The van der Waals surface area contributed by atoms with Crippen molar-refractivity contribution in [1.82, 2.24) is 10.2 Å². The molecule has 1 N–H and O–H groups in total. The number of esters is 1. The molecule has 140 valence electrons. The highest BCUT2D eigenvalue weighted by Gasteiger charge is 2.47. The third-order valence-electron chi connectivity index (χ3n) is 4.19. The first-order valence-electron chi connectivity index (χ1n) is 8.35. The average molecular weight is 381 g/mol. The van der Waals surface area contributed by atoms with Crippen molar-refractivity contribution >= 4 is 35.3 Å². The highest BCUT2D eigenvalue weighted by atomic mass is 35.5. The van der Waals surface area contributed by atoms with Crippen molar-refractivity contribution in [2.45, 2.75) is 38.6 Å². The van der Waals surface area contributed by atoms with Gasteiger partial charge in [0.1, 0.15) is 12.1 Å². The maximum absolute atomic E-state index is 12.4. The highest BCUT2D eigenvalue weighted by Crippen LogP contribution is 2.23. The zero-order valence-electron chi connectivity index (χ0n) is 14.7. The molecule has 0 aromatic heterocycles. The highest BCUT2D eigenvalue weighted by molar-refractivity contribution is 6.30. The number of hydrogen-bond donors (Lipinski definition) is 1. The molecule has 0 aliphatic carbocycles. The number of ether oxygens (including phenoxy) is 1. The minimum atomic E-state index is -1.01. The molecule has 3 amide bonds. The molecule has 8 heteroatoms. The molecule has 1 saturated heterocycles. The van der Waals surface area contributed by atoms with Crippen molar-refractivity contribution in [1.29, 1.82) is 0 Å². The maximum Gasteiger partial charge on any atom is 0.326 e. The van der Waals surface area contributed by atoms with E-state index in [1.165, 1.54) is 12.1 Å². The van der Waals surface area contributed by atoms with Crippen molar-refractivity contribution in [2.24, 2.45) is 0 Å². The Kier molecular flexibility index (Phi) is 6.37. The standard InChI is InChI=1S/C18H21ClN2O5/c1-3-4-9-18(2)16(24)21(17(25)20-18)10-15(23)26-11-14(22)12-5-7-13(19)8-6-12/h5-8H,3-4,9-11H2,1-2H3,(H,20,25)/t18-/m1/s1. The van der Waals surface area contributed by atoms with Gasteiger partial charge in [-0.3, -0.25) is 19.3 Å². The molecule has 0 bridgehead atoms. The molecular weight excluding hydrogens is 360 g/mol. The van der Waals surface area contributed by atoms with E-state index < -0.39 is 42.4 Å². The van der Waals surface area contributed by atoms with E-state index in [2.05, 4.69) is 5.32 Å². The van der Waals surface area contributed by atoms with Crippen LogP contribution >= 0.6 is 11.6 Å². The SMILES string of the molecule is CCCC[C@@]1(C)NC(=O)N(CC(=O)OCC(=O)c2ccc(Cl)cc2)C1=O. The lowest BCUT2D eigenvalue weighted by Gasteiger charge is -2.21. The van der Waals surface area contributed by atoms with E-state index in [4.69, 9.17) is 16.3 Å². The number of urea groups is 1. The van der Waals surface area contributed by atoms with Crippen LogP contribution in [0.1, 0.15) is 43.5 Å². The number of unbranched alkanes of at least 4 members (excludes halogenated alkanes) is 1. The Morgan fingerprint density at radius 2 is 1.88 bits per heavy atom. The van der Waals surface area contributed by atoms with E-state index in [9.17, 15) is 19.2 Å². The number of halogens is 1. The number of ketones is 1. The summed E-state index contributed by atoms with van der Waals surface area (Å²) in [6.07, 6.45) is 2.15. The molecule has 1 atom stereocenters. The van der Waals surface area contributed by atoms with Gasteiger partial charge in [-0.1, -0.05) is 31.4 Å². The Hall–Kier alpha value is -2.41. The Bertz CT molecular complexity index is 719. The van der Waals surface area contributed by atoms with Gasteiger partial charge in [0.2, 0.25) is 0 Å². The molecule has 1 aliphatic rings. The maximum atomic E-state index is 12.4. The van der Waals surface area contributed by atoms with E-state index in [1.807, 2.05) is 6.92 Å². The lowest BCUT2D eigenvalue weighted by Crippen LogP contribution is -2.44. The van der Waals surface area contributed by atoms with Crippen LogP contribution in [0.25, 0.3) is 0 Å². The summed E-state index contributed by atoms with van der Waals surface area (Å²) >= 11 is 5.75. The van der Waals surface area contributed by atoms with E-state index >= 15 is 0 Å². The van der Waals surface area contributed by atoms with Crippen LogP contribution in [-0.4, -0.2) is 47.3 Å².